The first-order valence-electron chi connectivity index (χ1n) is 8.53. The summed E-state index contributed by atoms with van der Waals surface area (Å²) in [6.07, 6.45) is 0.275. The van der Waals surface area contributed by atoms with E-state index in [4.69, 9.17) is 9.15 Å². The second-order valence-electron chi connectivity index (χ2n) is 6.22. The number of hydrogen-bond donors (Lipinski definition) is 0. The molecule has 1 atom stereocenters. The van der Waals surface area contributed by atoms with E-state index >= 15 is 0 Å². The average Bonchev–Trinajstić information content (AvgIpc) is 3.20. The molecule has 3 rings (SSSR count). The van der Waals surface area contributed by atoms with Crippen LogP contribution in [0.25, 0.3) is 11.5 Å². The fourth-order valence-electron chi connectivity index (χ4n) is 2.81. The number of hydrogen-bond acceptors (Lipinski definition) is 6. The standard InChI is InChI=1S/C19H22N4O3/c1-12-16(13(2)23(4)22-12)10-11-17(24)25-14(3)18-20-21-19(26-18)15-8-6-5-7-9-15/h5-9,14H,10-11H2,1-4H3. The Morgan fingerprint density at radius 2 is 1.96 bits per heavy atom. The molecule has 0 fully saturated rings. The Bertz CT molecular complexity index is 899. The number of carbonyl (C=O) groups excluding carboxylic acids is 1. The smallest absolute Gasteiger partial charge is 0.306 e. The lowest BCUT2D eigenvalue weighted by Gasteiger charge is -2.09. The van der Waals surface area contributed by atoms with Crippen LogP contribution in [0.1, 0.15) is 42.3 Å². The second-order valence-corrected chi connectivity index (χ2v) is 6.22. The maximum Gasteiger partial charge on any atom is 0.306 e. The van der Waals surface area contributed by atoms with Crippen molar-refractivity contribution in [1.82, 2.24) is 20.0 Å². The largest absolute Gasteiger partial charge is 0.453 e. The molecule has 0 N–H and O–H groups in total. The summed E-state index contributed by atoms with van der Waals surface area (Å²) < 4.78 is 12.9. The molecule has 0 aliphatic heterocycles. The molecule has 0 spiro atoms. The summed E-state index contributed by atoms with van der Waals surface area (Å²) >= 11 is 0. The molecule has 0 radical (unpaired) electrons. The molecule has 3 aromatic rings. The molecular weight excluding hydrogens is 332 g/mol. The predicted molar refractivity (Wildman–Crippen MR) is 95.2 cm³/mol. The summed E-state index contributed by atoms with van der Waals surface area (Å²) in [4.78, 5) is 12.2. The van der Waals surface area contributed by atoms with Crippen molar-refractivity contribution in [2.75, 3.05) is 0 Å². The molecule has 0 saturated heterocycles. The number of benzene rings is 1. The third-order valence-electron chi connectivity index (χ3n) is 4.36. The second kappa shape index (κ2) is 7.51. The van der Waals surface area contributed by atoms with Crippen LogP contribution in [0.3, 0.4) is 0 Å². The quantitative estimate of drug-likeness (QED) is 0.632. The van der Waals surface area contributed by atoms with Gasteiger partial charge in [-0.3, -0.25) is 9.48 Å². The third kappa shape index (κ3) is 3.82. The van der Waals surface area contributed by atoms with Crippen molar-refractivity contribution < 1.29 is 13.9 Å². The number of carbonyl (C=O) groups is 1. The maximum absolute atomic E-state index is 12.2. The van der Waals surface area contributed by atoms with Crippen LogP contribution in [0.5, 0.6) is 0 Å². The Balaban J connectivity index is 1.58. The molecule has 7 nitrogen and oxygen atoms in total. The van der Waals surface area contributed by atoms with E-state index in [0.717, 1.165) is 22.5 Å². The van der Waals surface area contributed by atoms with Gasteiger partial charge in [-0.05, 0) is 44.9 Å². The van der Waals surface area contributed by atoms with Gasteiger partial charge in [-0.2, -0.15) is 5.10 Å². The minimum Gasteiger partial charge on any atom is -0.453 e. The Kier molecular flexibility index (Phi) is 5.16. The lowest BCUT2D eigenvalue weighted by Crippen LogP contribution is -2.10. The van der Waals surface area contributed by atoms with Crippen LogP contribution in [0.15, 0.2) is 34.7 Å². The van der Waals surface area contributed by atoms with E-state index in [9.17, 15) is 4.79 Å². The van der Waals surface area contributed by atoms with Crippen LogP contribution in [0.4, 0.5) is 0 Å². The molecule has 0 saturated carbocycles. The van der Waals surface area contributed by atoms with Crippen molar-refractivity contribution in [3.8, 4) is 11.5 Å². The zero-order valence-corrected chi connectivity index (χ0v) is 15.4. The van der Waals surface area contributed by atoms with Gasteiger partial charge in [0.15, 0.2) is 6.10 Å². The number of nitrogens with zero attached hydrogens (tertiary/aromatic N) is 4. The third-order valence-corrected chi connectivity index (χ3v) is 4.36. The van der Waals surface area contributed by atoms with Crippen molar-refractivity contribution in [1.29, 1.82) is 0 Å². The van der Waals surface area contributed by atoms with Gasteiger partial charge in [0.25, 0.3) is 5.89 Å². The zero-order valence-electron chi connectivity index (χ0n) is 15.4. The predicted octanol–water partition coefficient (Wildman–Crippen LogP) is 3.32. The van der Waals surface area contributed by atoms with Crippen LogP contribution < -0.4 is 0 Å². The van der Waals surface area contributed by atoms with E-state index in [-0.39, 0.29) is 18.3 Å². The molecular formula is C19H22N4O3. The lowest BCUT2D eigenvalue weighted by molar-refractivity contribution is -0.149. The normalized spacial score (nSPS) is 12.2. The highest BCUT2D eigenvalue weighted by Crippen LogP contribution is 2.23. The average molecular weight is 354 g/mol. The lowest BCUT2D eigenvalue weighted by atomic mass is 10.1. The van der Waals surface area contributed by atoms with Crippen molar-refractivity contribution in [3.63, 3.8) is 0 Å². The summed E-state index contributed by atoms with van der Waals surface area (Å²) in [5, 5.41) is 12.4. The van der Waals surface area contributed by atoms with Gasteiger partial charge in [-0.25, -0.2) is 0 Å². The van der Waals surface area contributed by atoms with Crippen LogP contribution in [0, 0.1) is 13.8 Å². The minimum atomic E-state index is -0.594. The van der Waals surface area contributed by atoms with Crippen LogP contribution in [-0.2, 0) is 23.0 Å². The van der Waals surface area contributed by atoms with Crippen LogP contribution >= 0.6 is 0 Å². The monoisotopic (exact) mass is 354 g/mol. The highest BCUT2D eigenvalue weighted by atomic mass is 16.6. The molecule has 1 unspecified atom stereocenters. The first-order chi connectivity index (χ1) is 12.5. The maximum atomic E-state index is 12.2. The van der Waals surface area contributed by atoms with E-state index < -0.39 is 6.10 Å². The van der Waals surface area contributed by atoms with Gasteiger partial charge in [0.2, 0.25) is 5.89 Å². The number of aromatic nitrogens is 4. The van der Waals surface area contributed by atoms with Gasteiger partial charge in [0, 0.05) is 24.7 Å². The Morgan fingerprint density at radius 1 is 1.23 bits per heavy atom. The molecule has 0 bridgehead atoms. The van der Waals surface area contributed by atoms with Gasteiger partial charge in [0.05, 0.1) is 5.69 Å². The zero-order chi connectivity index (χ0) is 18.7. The van der Waals surface area contributed by atoms with E-state index in [0.29, 0.717) is 12.3 Å². The number of aryl methyl sites for hydroxylation is 2. The molecule has 1 aromatic carbocycles. The fraction of sp³-hybridized carbons (Fsp3) is 0.368. The molecule has 2 heterocycles. The summed E-state index contributed by atoms with van der Waals surface area (Å²) in [6.45, 7) is 5.66. The highest BCUT2D eigenvalue weighted by molar-refractivity contribution is 5.70. The number of esters is 1. The Hall–Kier alpha value is -2.96. The number of ether oxygens (including phenoxy) is 1. The Labute approximate surface area is 152 Å². The van der Waals surface area contributed by atoms with Crippen molar-refractivity contribution in [3.05, 3.63) is 53.2 Å². The molecule has 0 aliphatic rings. The molecule has 26 heavy (non-hydrogen) atoms. The Morgan fingerprint density at radius 3 is 2.62 bits per heavy atom. The molecule has 136 valence electrons. The van der Waals surface area contributed by atoms with Gasteiger partial charge in [-0.15, -0.1) is 10.2 Å². The van der Waals surface area contributed by atoms with Crippen molar-refractivity contribution in [2.24, 2.45) is 7.05 Å². The molecule has 2 aromatic heterocycles. The van der Waals surface area contributed by atoms with Crippen LogP contribution in [0.2, 0.25) is 0 Å². The van der Waals surface area contributed by atoms with Gasteiger partial charge < -0.3 is 9.15 Å². The van der Waals surface area contributed by atoms with Crippen molar-refractivity contribution in [2.45, 2.75) is 39.7 Å². The van der Waals surface area contributed by atoms with Gasteiger partial charge >= 0.3 is 5.97 Å². The molecule has 7 heteroatoms. The first-order valence-corrected chi connectivity index (χ1v) is 8.53. The van der Waals surface area contributed by atoms with Gasteiger partial charge in [-0.1, -0.05) is 18.2 Å². The van der Waals surface area contributed by atoms with Gasteiger partial charge in [0.1, 0.15) is 0 Å². The summed E-state index contributed by atoms with van der Waals surface area (Å²) in [5.74, 6) is 0.385. The van der Waals surface area contributed by atoms with E-state index in [1.165, 1.54) is 0 Å². The van der Waals surface area contributed by atoms with Crippen molar-refractivity contribution >= 4 is 5.97 Å². The highest BCUT2D eigenvalue weighted by Gasteiger charge is 2.20. The summed E-state index contributed by atoms with van der Waals surface area (Å²) in [5.41, 5.74) is 3.91. The SMILES string of the molecule is Cc1nn(C)c(C)c1CCC(=O)OC(C)c1nnc(-c2ccccc2)o1. The van der Waals surface area contributed by atoms with E-state index in [2.05, 4.69) is 15.3 Å². The minimum absolute atomic E-state index is 0.275. The van der Waals surface area contributed by atoms with E-state index in [1.54, 1.807) is 6.92 Å². The first kappa shape index (κ1) is 17.8. The summed E-state index contributed by atoms with van der Waals surface area (Å²) in [7, 11) is 1.89. The molecule has 0 aliphatic carbocycles. The fourth-order valence-corrected chi connectivity index (χ4v) is 2.81. The number of rotatable bonds is 6. The van der Waals surface area contributed by atoms with Crippen LogP contribution in [-0.4, -0.2) is 25.9 Å². The topological polar surface area (TPSA) is 83.0 Å². The summed E-state index contributed by atoms with van der Waals surface area (Å²) in [6, 6.07) is 9.46. The van der Waals surface area contributed by atoms with E-state index in [1.807, 2.05) is 55.9 Å². The molecule has 0 amide bonds.